The van der Waals surface area contributed by atoms with Gasteiger partial charge in [0, 0.05) is 23.8 Å². The van der Waals surface area contributed by atoms with Gasteiger partial charge in [-0.05, 0) is 75.3 Å². The van der Waals surface area contributed by atoms with Gasteiger partial charge < -0.3 is 9.32 Å². The molecule has 5 aromatic rings. The van der Waals surface area contributed by atoms with Crippen LogP contribution < -0.4 is 5.56 Å². The first kappa shape index (κ1) is 22.3. The fraction of sp³-hybridized carbons (Fsp3) is 0.280. The van der Waals surface area contributed by atoms with E-state index in [1.54, 1.807) is 16.8 Å². The van der Waals surface area contributed by atoms with Crippen molar-refractivity contribution in [2.75, 3.05) is 19.6 Å². The lowest BCUT2D eigenvalue weighted by Crippen LogP contribution is -2.24. The molecule has 0 unspecified atom stereocenters. The predicted octanol–water partition coefficient (Wildman–Crippen LogP) is 4.22. The van der Waals surface area contributed by atoms with Gasteiger partial charge in [0.15, 0.2) is 5.76 Å². The zero-order valence-electron chi connectivity index (χ0n) is 18.8. The Labute approximate surface area is 202 Å². The van der Waals surface area contributed by atoms with Gasteiger partial charge in [-0.1, -0.05) is 0 Å². The highest BCUT2D eigenvalue weighted by molar-refractivity contribution is 5.85. The third-order valence-corrected chi connectivity index (χ3v) is 6.37. The summed E-state index contributed by atoms with van der Waals surface area (Å²) in [7, 11) is 0. The van der Waals surface area contributed by atoms with Gasteiger partial charge in [-0.15, -0.1) is 17.5 Å². The van der Waals surface area contributed by atoms with E-state index in [2.05, 4.69) is 20.2 Å². The maximum Gasteiger partial charge on any atom is 0.266 e. The van der Waals surface area contributed by atoms with E-state index >= 15 is 0 Å². The molecule has 0 bridgehead atoms. The second-order valence-electron chi connectivity index (χ2n) is 8.60. The normalized spacial score (nSPS) is 14.1. The molecule has 0 radical (unpaired) electrons. The summed E-state index contributed by atoms with van der Waals surface area (Å²) in [6.45, 7) is 6.13. The number of aryl methyl sites for hydroxylation is 1. The van der Waals surface area contributed by atoms with Crippen molar-refractivity contribution in [2.24, 2.45) is 0 Å². The summed E-state index contributed by atoms with van der Waals surface area (Å²) in [6, 6.07) is 13.3. The molecule has 1 aromatic carbocycles. The first-order chi connectivity index (χ1) is 16.2. The van der Waals surface area contributed by atoms with Crippen molar-refractivity contribution in [3.05, 3.63) is 70.9 Å². The Balaban J connectivity index is 0.00000241. The number of benzene rings is 1. The molecule has 5 heterocycles. The minimum atomic E-state index is -0.136. The molecule has 1 aliphatic rings. The molecule has 1 fully saturated rings. The van der Waals surface area contributed by atoms with E-state index in [9.17, 15) is 4.79 Å². The molecule has 0 atom stereocenters. The van der Waals surface area contributed by atoms with Crippen molar-refractivity contribution in [1.82, 2.24) is 29.4 Å². The minimum absolute atomic E-state index is 0. The summed E-state index contributed by atoms with van der Waals surface area (Å²) in [6.07, 6.45) is 6.20. The van der Waals surface area contributed by atoms with Gasteiger partial charge in [0.05, 0.1) is 29.3 Å². The molecule has 0 amide bonds. The molecule has 8 nitrogen and oxygen atoms in total. The van der Waals surface area contributed by atoms with E-state index in [4.69, 9.17) is 4.42 Å². The van der Waals surface area contributed by atoms with Crippen molar-refractivity contribution in [2.45, 2.75) is 26.3 Å². The van der Waals surface area contributed by atoms with Crippen LogP contribution in [-0.2, 0) is 6.54 Å². The molecule has 9 heteroatoms. The number of rotatable bonds is 5. The maximum absolute atomic E-state index is 13.3. The number of pyridine rings is 1. The summed E-state index contributed by atoms with van der Waals surface area (Å²) in [5.41, 5.74) is 3.70. The number of aromatic nitrogens is 5. The van der Waals surface area contributed by atoms with Crippen LogP contribution in [0.15, 0.2) is 64.1 Å². The highest BCUT2D eigenvalue weighted by atomic mass is 35.5. The summed E-state index contributed by atoms with van der Waals surface area (Å²) < 4.78 is 9.57. The highest BCUT2D eigenvalue weighted by Crippen LogP contribution is 2.25. The molecule has 6 rings (SSSR count). The van der Waals surface area contributed by atoms with Crippen LogP contribution in [0.2, 0.25) is 0 Å². The summed E-state index contributed by atoms with van der Waals surface area (Å²) in [4.78, 5) is 15.7. The molecule has 174 valence electrons. The monoisotopic (exact) mass is 476 g/mol. The topological polar surface area (TPSA) is 82.0 Å². The lowest BCUT2D eigenvalue weighted by molar-refractivity contribution is 0.318. The number of likely N-dealkylation sites (tertiary alicyclic amines) is 1. The molecule has 4 aromatic heterocycles. The van der Waals surface area contributed by atoms with Crippen LogP contribution in [0.1, 0.15) is 18.5 Å². The number of halogens is 1. The Morgan fingerprint density at radius 2 is 1.85 bits per heavy atom. The molecular formula is C25H25ClN6O2. The van der Waals surface area contributed by atoms with E-state index in [1.807, 2.05) is 54.2 Å². The van der Waals surface area contributed by atoms with Gasteiger partial charge in [0.1, 0.15) is 11.3 Å². The van der Waals surface area contributed by atoms with Crippen LogP contribution in [0.4, 0.5) is 0 Å². The molecule has 0 spiro atoms. The van der Waals surface area contributed by atoms with Crippen molar-refractivity contribution in [3.63, 3.8) is 0 Å². The smallest absolute Gasteiger partial charge is 0.266 e. The fourth-order valence-electron chi connectivity index (χ4n) is 4.54. The second kappa shape index (κ2) is 9.04. The lowest BCUT2D eigenvalue weighted by Gasteiger charge is -2.14. The van der Waals surface area contributed by atoms with Gasteiger partial charge in [-0.25, -0.2) is 0 Å². The van der Waals surface area contributed by atoms with E-state index < -0.39 is 0 Å². The van der Waals surface area contributed by atoms with Crippen molar-refractivity contribution in [3.8, 4) is 17.1 Å². The SMILES string of the molecule is Cc1ccc(-c2cc3c(=O)n(-c4ccc5c(cnn5CCN5CCCC5)c4)ccc3o2)nn1.Cl. The molecule has 0 N–H and O–H groups in total. The Kier molecular flexibility index (Phi) is 5.93. The van der Waals surface area contributed by atoms with Crippen molar-refractivity contribution in [1.29, 1.82) is 0 Å². The number of furan rings is 1. The zero-order chi connectivity index (χ0) is 22.4. The quantitative estimate of drug-likeness (QED) is 0.378. The molecule has 34 heavy (non-hydrogen) atoms. The Morgan fingerprint density at radius 1 is 1.00 bits per heavy atom. The Morgan fingerprint density at radius 3 is 2.65 bits per heavy atom. The van der Waals surface area contributed by atoms with Crippen LogP contribution in [-0.4, -0.2) is 49.1 Å². The minimum Gasteiger partial charge on any atom is -0.454 e. The molecule has 1 saturated heterocycles. The maximum atomic E-state index is 13.3. The first-order valence-corrected chi connectivity index (χ1v) is 11.3. The third-order valence-electron chi connectivity index (χ3n) is 6.37. The van der Waals surface area contributed by atoms with Gasteiger partial charge in [-0.3, -0.25) is 14.0 Å². The summed E-state index contributed by atoms with van der Waals surface area (Å²) in [5, 5.41) is 14.4. The van der Waals surface area contributed by atoms with E-state index in [1.165, 1.54) is 25.9 Å². The molecule has 1 aliphatic heterocycles. The molecule has 0 saturated carbocycles. The van der Waals surface area contributed by atoms with E-state index in [0.29, 0.717) is 22.4 Å². The lowest BCUT2D eigenvalue weighted by atomic mass is 10.2. The zero-order valence-corrected chi connectivity index (χ0v) is 19.7. The first-order valence-electron chi connectivity index (χ1n) is 11.3. The summed E-state index contributed by atoms with van der Waals surface area (Å²) >= 11 is 0. The third kappa shape index (κ3) is 3.99. The van der Waals surface area contributed by atoms with Crippen LogP contribution in [0.3, 0.4) is 0 Å². The number of hydrogen-bond donors (Lipinski definition) is 0. The fourth-order valence-corrected chi connectivity index (χ4v) is 4.54. The molecule has 0 aliphatic carbocycles. The second-order valence-corrected chi connectivity index (χ2v) is 8.60. The van der Waals surface area contributed by atoms with Gasteiger partial charge in [0.2, 0.25) is 0 Å². The average molecular weight is 477 g/mol. The van der Waals surface area contributed by atoms with Crippen LogP contribution in [0.25, 0.3) is 39.0 Å². The molecular weight excluding hydrogens is 452 g/mol. The van der Waals surface area contributed by atoms with Crippen molar-refractivity contribution < 1.29 is 4.42 Å². The predicted molar refractivity (Wildman–Crippen MR) is 134 cm³/mol. The van der Waals surface area contributed by atoms with Gasteiger partial charge in [-0.2, -0.15) is 10.2 Å². The highest BCUT2D eigenvalue weighted by Gasteiger charge is 2.15. The number of nitrogens with zero attached hydrogens (tertiary/aromatic N) is 6. The Hall–Kier alpha value is -3.49. The standard InChI is InChI=1S/C25H24N6O2.ClH/c1-17-4-6-21(28-27-17)24-15-20-23(33-24)8-11-30(25(20)32)19-5-7-22-18(14-19)16-26-31(22)13-12-29-9-2-3-10-29;/h4-8,11,14-16H,2-3,9-10,12-13H2,1H3;1H. The van der Waals surface area contributed by atoms with Crippen LogP contribution in [0.5, 0.6) is 0 Å². The van der Waals surface area contributed by atoms with Crippen molar-refractivity contribution >= 4 is 34.3 Å². The average Bonchev–Trinajstić information content (AvgIpc) is 3.58. The number of hydrogen-bond acceptors (Lipinski definition) is 6. The van der Waals surface area contributed by atoms with Gasteiger partial charge >= 0.3 is 0 Å². The Bertz CT molecular complexity index is 1510. The van der Waals surface area contributed by atoms with E-state index in [0.717, 1.165) is 35.4 Å². The number of fused-ring (bicyclic) bond motifs is 2. The van der Waals surface area contributed by atoms with Crippen LogP contribution in [0, 0.1) is 6.92 Å². The van der Waals surface area contributed by atoms with E-state index in [-0.39, 0.29) is 18.0 Å². The largest absolute Gasteiger partial charge is 0.454 e. The van der Waals surface area contributed by atoms with Gasteiger partial charge in [0.25, 0.3) is 5.56 Å². The summed E-state index contributed by atoms with van der Waals surface area (Å²) in [5.74, 6) is 0.530. The van der Waals surface area contributed by atoms with Crippen LogP contribution >= 0.6 is 12.4 Å².